The van der Waals surface area contributed by atoms with Crippen molar-refractivity contribution in [2.24, 2.45) is 23.7 Å². The van der Waals surface area contributed by atoms with E-state index in [2.05, 4.69) is 62.4 Å². The number of hydrogen-bond acceptors (Lipinski definition) is 9. The number of hydrogen-bond donors (Lipinski definition) is 2. The van der Waals surface area contributed by atoms with Crippen molar-refractivity contribution in [1.82, 2.24) is 0 Å². The molecule has 2 aliphatic rings. The Bertz CT molecular complexity index is 1780. The third kappa shape index (κ3) is 15.5. The molecule has 10 heteroatoms. The van der Waals surface area contributed by atoms with Crippen LogP contribution in [0, 0.1) is 23.7 Å². The number of halogens is 1. The number of Topliss-reactive ketones (excluding diaryl/α,β-unsaturated/α-hetero) is 2. The van der Waals surface area contributed by atoms with E-state index in [1.807, 2.05) is 33.8 Å². The number of aliphatic hydroxyl groups is 2. The molecule has 0 aliphatic heterocycles. The van der Waals surface area contributed by atoms with Crippen LogP contribution >= 0.6 is 0 Å². The Kier molecular flexibility index (Phi) is 22.2. The van der Waals surface area contributed by atoms with Gasteiger partial charge in [0.05, 0.1) is 28.4 Å². The number of benzene rings is 1. The second kappa shape index (κ2) is 25.8. The number of rotatable bonds is 20. The van der Waals surface area contributed by atoms with Crippen LogP contribution in [0.4, 0.5) is 4.39 Å². The minimum Gasteiger partial charge on any atom is -0.494 e. The molecule has 326 valence electrons. The van der Waals surface area contributed by atoms with E-state index in [1.54, 1.807) is 6.08 Å². The van der Waals surface area contributed by atoms with Crippen LogP contribution in [0.2, 0.25) is 0 Å². The number of carbonyl (C=O) groups excluding carboxylic acids is 3. The van der Waals surface area contributed by atoms with Crippen LogP contribution in [0.5, 0.6) is 0 Å². The Morgan fingerprint density at radius 1 is 0.610 bits per heavy atom. The van der Waals surface area contributed by atoms with E-state index in [9.17, 15) is 29.0 Å². The Morgan fingerprint density at radius 3 is 1.39 bits per heavy atom. The maximum atomic E-state index is 12.5. The predicted octanol–water partition coefficient (Wildman–Crippen LogP) is 9.96. The summed E-state index contributed by atoms with van der Waals surface area (Å²) in [5, 5.41) is 21.3. The van der Waals surface area contributed by atoms with Crippen molar-refractivity contribution in [1.29, 1.82) is 0 Å². The zero-order chi connectivity index (χ0) is 44.2. The summed E-state index contributed by atoms with van der Waals surface area (Å²) in [5.41, 5.74) is 6.50. The number of carbonyl (C=O) groups is 3. The first-order chi connectivity index (χ1) is 28.0. The van der Waals surface area contributed by atoms with Crippen LogP contribution in [0.15, 0.2) is 112 Å². The van der Waals surface area contributed by atoms with Crippen molar-refractivity contribution in [3.8, 4) is 0 Å². The van der Waals surface area contributed by atoms with Gasteiger partial charge in [-0.3, -0.25) is 14.4 Å². The molecule has 3 rings (SSSR count). The summed E-state index contributed by atoms with van der Waals surface area (Å²) in [6.45, 7) is 13.5. The van der Waals surface area contributed by atoms with Gasteiger partial charge < -0.3 is 29.2 Å². The molecule has 2 N–H and O–H groups in total. The van der Waals surface area contributed by atoms with E-state index in [1.165, 1.54) is 63.2 Å². The lowest BCUT2D eigenvalue weighted by Crippen LogP contribution is -2.40. The molecule has 9 nitrogen and oxygen atoms in total. The van der Waals surface area contributed by atoms with Crippen LogP contribution in [0.3, 0.4) is 0 Å². The largest absolute Gasteiger partial charge is 0.494 e. The second-order valence-corrected chi connectivity index (χ2v) is 15.8. The van der Waals surface area contributed by atoms with Crippen molar-refractivity contribution >= 4 is 17.6 Å². The second-order valence-electron chi connectivity index (χ2n) is 15.8. The lowest BCUT2D eigenvalue weighted by molar-refractivity contribution is -0.128. The molecule has 0 heterocycles. The minimum atomic E-state index is -1.37. The molecule has 0 radical (unpaired) electrons. The molecule has 0 saturated carbocycles. The van der Waals surface area contributed by atoms with Gasteiger partial charge in [-0.05, 0) is 98.0 Å². The summed E-state index contributed by atoms with van der Waals surface area (Å²) in [4.78, 5) is 35.6. The van der Waals surface area contributed by atoms with Gasteiger partial charge in [-0.15, -0.1) is 0 Å². The van der Waals surface area contributed by atoms with E-state index in [0.29, 0.717) is 19.3 Å². The highest BCUT2D eigenvalue weighted by Crippen LogP contribution is 2.37. The standard InChI is InChI=1S/C25H34O4.C24H35FO5/c1-17(10-9-11-18(2)16-20-12-7-6-8-13-20)14-15-21-19(3)22(26)24(28-4)25(29-5)23(21)27;1-15(11-8-12-17(3)24(25)28)9-7-10-16(2)13-14-19-18(4)20(26)22(29-5)23(30-6)21(19)27/h6-8,11-14,19,21,23,27H,9-10,15-16H2,1-5H3;9,12-13,18-19,21,27H,7-8,10-11,14H2,1-6H3/b17-14+,18-11+;15-9+,16-13+,17-12+. The first-order valence-electron chi connectivity index (χ1n) is 20.6. The third-order valence-corrected chi connectivity index (χ3v) is 11.4. The molecule has 0 saturated heterocycles. The summed E-state index contributed by atoms with van der Waals surface area (Å²) < 4.78 is 33.3. The molecule has 0 amide bonds. The highest BCUT2D eigenvalue weighted by molar-refractivity contribution is 5.97. The summed E-state index contributed by atoms with van der Waals surface area (Å²) in [6, 6.07) is 9.11. The molecule has 0 fully saturated rings. The number of aliphatic hydroxyl groups excluding tert-OH is 2. The lowest BCUT2D eigenvalue weighted by Gasteiger charge is -2.33. The summed E-state index contributed by atoms with van der Waals surface area (Å²) in [7, 11) is 5.73. The Labute approximate surface area is 352 Å². The molecule has 6 unspecified atom stereocenters. The van der Waals surface area contributed by atoms with Gasteiger partial charge in [-0.25, -0.2) is 0 Å². The van der Waals surface area contributed by atoms with Crippen LogP contribution in [-0.4, -0.2) is 68.5 Å². The number of ketones is 2. The first kappa shape index (κ1) is 50.6. The average molecular weight is 821 g/mol. The van der Waals surface area contributed by atoms with Crippen molar-refractivity contribution < 1.29 is 47.9 Å². The van der Waals surface area contributed by atoms with E-state index in [0.717, 1.165) is 38.5 Å². The monoisotopic (exact) mass is 820 g/mol. The van der Waals surface area contributed by atoms with Gasteiger partial charge >= 0.3 is 6.04 Å². The molecular weight excluding hydrogens is 752 g/mol. The van der Waals surface area contributed by atoms with E-state index < -0.39 is 18.2 Å². The molecule has 1 aromatic rings. The fourth-order valence-corrected chi connectivity index (χ4v) is 7.40. The van der Waals surface area contributed by atoms with Gasteiger partial charge in [0.2, 0.25) is 23.1 Å². The Hall–Kier alpha value is -4.54. The zero-order valence-corrected chi connectivity index (χ0v) is 37.2. The highest BCUT2D eigenvalue weighted by Gasteiger charge is 2.43. The molecule has 2 aliphatic carbocycles. The van der Waals surface area contributed by atoms with Crippen LogP contribution in [0.25, 0.3) is 0 Å². The molecular formula is C49H69FO9. The summed E-state index contributed by atoms with van der Waals surface area (Å²) in [6.07, 6.45) is 15.9. The van der Waals surface area contributed by atoms with Crippen molar-refractivity contribution in [2.75, 3.05) is 28.4 Å². The molecule has 59 heavy (non-hydrogen) atoms. The molecule has 6 atom stereocenters. The van der Waals surface area contributed by atoms with Crippen molar-refractivity contribution in [2.45, 2.75) is 118 Å². The topological polar surface area (TPSA) is 129 Å². The van der Waals surface area contributed by atoms with Gasteiger partial charge in [-0.2, -0.15) is 4.39 Å². The average Bonchev–Trinajstić information content (AvgIpc) is 3.20. The molecule has 0 spiro atoms. The van der Waals surface area contributed by atoms with E-state index in [-0.39, 0.29) is 63.8 Å². The molecule has 1 aromatic carbocycles. The molecule has 0 bridgehead atoms. The molecule has 0 aromatic heterocycles. The highest BCUT2D eigenvalue weighted by atomic mass is 19.1. The Balaban J connectivity index is 0.000000407. The van der Waals surface area contributed by atoms with Crippen LogP contribution < -0.4 is 0 Å². The lowest BCUT2D eigenvalue weighted by atomic mass is 9.77. The third-order valence-electron chi connectivity index (χ3n) is 11.4. The Morgan fingerprint density at radius 2 is 1.00 bits per heavy atom. The van der Waals surface area contributed by atoms with E-state index in [4.69, 9.17) is 18.9 Å². The normalized spacial score (nSPS) is 23.5. The van der Waals surface area contributed by atoms with E-state index >= 15 is 0 Å². The smallest absolute Gasteiger partial charge is 0.327 e. The van der Waals surface area contributed by atoms with Gasteiger partial charge in [0.15, 0.2) is 11.5 Å². The number of allylic oxidation sites excluding steroid dienone is 12. The predicted molar refractivity (Wildman–Crippen MR) is 231 cm³/mol. The van der Waals surface area contributed by atoms with Gasteiger partial charge in [0.25, 0.3) is 0 Å². The zero-order valence-electron chi connectivity index (χ0n) is 37.2. The fraction of sp³-hybridized carbons (Fsp3) is 0.531. The first-order valence-corrected chi connectivity index (χ1v) is 20.6. The number of methoxy groups -OCH3 is 4. The van der Waals surface area contributed by atoms with Crippen LogP contribution in [0.1, 0.15) is 105 Å². The summed E-state index contributed by atoms with van der Waals surface area (Å²) in [5.74, 6) is -0.685. The fourth-order valence-electron chi connectivity index (χ4n) is 7.40. The maximum Gasteiger partial charge on any atom is 0.327 e. The van der Waals surface area contributed by atoms with Gasteiger partial charge in [0, 0.05) is 29.2 Å². The van der Waals surface area contributed by atoms with Crippen molar-refractivity contribution in [3.63, 3.8) is 0 Å². The van der Waals surface area contributed by atoms with Gasteiger partial charge in [-0.1, -0.05) is 96.9 Å². The minimum absolute atomic E-state index is 0.106. The van der Waals surface area contributed by atoms with Gasteiger partial charge in [0.1, 0.15) is 12.2 Å². The maximum absolute atomic E-state index is 12.5. The SMILES string of the molecule is COC1=C(OC)C(O)C(C/C=C(\C)CC/C=C(\C)CC/C=C(\C)C(=O)F)C(C)C1=O.COC1=C(OC)C(O)C(C/C=C(\C)CC/C=C(\C)Cc2ccccc2)C(C)C1=O. The summed E-state index contributed by atoms with van der Waals surface area (Å²) >= 11 is 0. The quantitative estimate of drug-likeness (QED) is 0.0751. The number of ether oxygens (including phenoxy) is 4. The van der Waals surface area contributed by atoms with Crippen molar-refractivity contribution in [3.05, 3.63) is 117 Å². The van der Waals surface area contributed by atoms with Crippen LogP contribution in [-0.2, 0) is 39.8 Å².